The highest BCUT2D eigenvalue weighted by Crippen LogP contribution is 2.47. The Morgan fingerprint density at radius 3 is 2.52 bits per heavy atom. The third-order valence-corrected chi connectivity index (χ3v) is 9.17. The number of pyridine rings is 1. The summed E-state index contributed by atoms with van der Waals surface area (Å²) in [6.07, 6.45) is 13.8. The van der Waals surface area contributed by atoms with Gasteiger partial charge in [-0.05, 0) is 67.9 Å². The lowest BCUT2D eigenvalue weighted by molar-refractivity contribution is -0.0534. The minimum Gasteiger partial charge on any atom is -0.478 e. The van der Waals surface area contributed by atoms with Crippen molar-refractivity contribution in [2.24, 2.45) is 28.7 Å². The molecule has 1 aromatic rings. The van der Waals surface area contributed by atoms with Gasteiger partial charge in [-0.15, -0.1) is 0 Å². The van der Waals surface area contributed by atoms with Crippen LogP contribution in [0.25, 0.3) is 0 Å². The van der Waals surface area contributed by atoms with Crippen LogP contribution < -0.4 is 4.74 Å². The fourth-order valence-corrected chi connectivity index (χ4v) is 6.22. The van der Waals surface area contributed by atoms with Crippen LogP contribution in [0.15, 0.2) is 23.3 Å². The van der Waals surface area contributed by atoms with Crippen molar-refractivity contribution in [1.29, 1.82) is 0 Å². The zero-order valence-corrected chi connectivity index (χ0v) is 24.5. The van der Waals surface area contributed by atoms with Gasteiger partial charge in [-0.1, -0.05) is 65.7 Å². The van der Waals surface area contributed by atoms with Crippen LogP contribution >= 0.6 is 0 Å². The normalized spacial score (nSPS) is 23.5. The molecule has 0 saturated heterocycles. The van der Waals surface area contributed by atoms with Gasteiger partial charge >= 0.3 is 0 Å². The molecule has 3 aliphatic rings. The van der Waals surface area contributed by atoms with Crippen molar-refractivity contribution in [3.8, 4) is 5.88 Å². The fraction of sp³-hybridized carbons (Fsp3) is 0.750. The van der Waals surface area contributed by atoms with Gasteiger partial charge in [0, 0.05) is 18.8 Å². The van der Waals surface area contributed by atoms with E-state index in [9.17, 15) is 8.78 Å². The van der Waals surface area contributed by atoms with E-state index < -0.39 is 29.8 Å². The van der Waals surface area contributed by atoms with Crippen LogP contribution in [0.3, 0.4) is 0 Å². The largest absolute Gasteiger partial charge is 0.478 e. The molecule has 0 bridgehead atoms. The van der Waals surface area contributed by atoms with Gasteiger partial charge in [-0.2, -0.15) is 13.8 Å². The Morgan fingerprint density at radius 1 is 1.05 bits per heavy atom. The number of unbranched alkanes of at least 4 members (excludes halogenated alkanes) is 3. The van der Waals surface area contributed by atoms with Gasteiger partial charge < -0.3 is 9.64 Å². The summed E-state index contributed by atoms with van der Waals surface area (Å²) in [5.41, 5.74) is -0.523. The summed E-state index contributed by atoms with van der Waals surface area (Å²) >= 11 is 0. The van der Waals surface area contributed by atoms with Crippen molar-refractivity contribution >= 4 is 5.71 Å². The third kappa shape index (κ3) is 7.79. The number of hydrogen-bond donors (Lipinski definition) is 0. The van der Waals surface area contributed by atoms with Crippen molar-refractivity contribution in [1.82, 2.24) is 9.88 Å². The van der Waals surface area contributed by atoms with Crippen molar-refractivity contribution in [2.75, 3.05) is 13.2 Å². The number of nitrogens with zero attached hydrogens (tertiary/aromatic N) is 3. The number of allylic oxidation sites excluding steroid dienone is 1. The van der Waals surface area contributed by atoms with E-state index in [2.05, 4.69) is 30.7 Å². The predicted octanol–water partition coefficient (Wildman–Crippen LogP) is 8.99. The second-order valence-corrected chi connectivity index (χ2v) is 12.1. The number of rotatable bonds is 16. The first kappa shape index (κ1) is 30.8. The van der Waals surface area contributed by atoms with E-state index in [1.807, 2.05) is 0 Å². The molecule has 0 radical (unpaired) electrons. The standard InChI is InChI=1S/C32H47F4N3O/c1-4-22(3)11-8-9-18-39-19-17-27(37-31(39)34)26-16-15-25-21-28(38-30(33)29(25)32(26,35)36)40-20-10-6-7-12-23(5-2)24-13-14-24/h17,19,21-24,26,31H,4-16,18,20H2,1-3H3. The Bertz CT molecular complexity index is 1030. The van der Waals surface area contributed by atoms with Crippen LogP contribution in [-0.2, 0) is 12.3 Å². The molecular weight excluding hydrogens is 518 g/mol. The van der Waals surface area contributed by atoms with E-state index in [0.29, 0.717) is 19.1 Å². The minimum absolute atomic E-state index is 0.0225. The molecule has 224 valence electrons. The van der Waals surface area contributed by atoms with Gasteiger partial charge in [0.05, 0.1) is 23.8 Å². The summed E-state index contributed by atoms with van der Waals surface area (Å²) in [6, 6.07) is 1.44. The van der Waals surface area contributed by atoms with E-state index >= 15 is 8.78 Å². The molecule has 2 aliphatic carbocycles. The second kappa shape index (κ2) is 14.2. The molecule has 2 heterocycles. The molecular formula is C32H47F4N3O. The lowest BCUT2D eigenvalue weighted by atomic mass is 9.78. The molecule has 0 spiro atoms. The predicted molar refractivity (Wildman–Crippen MR) is 152 cm³/mol. The average Bonchev–Trinajstić information content (AvgIpc) is 3.76. The van der Waals surface area contributed by atoms with Crippen LogP contribution in [0.5, 0.6) is 5.88 Å². The van der Waals surface area contributed by atoms with Crippen molar-refractivity contribution in [3.05, 3.63) is 35.4 Å². The summed E-state index contributed by atoms with van der Waals surface area (Å²) < 4.78 is 66.7. The van der Waals surface area contributed by atoms with Crippen LogP contribution in [-0.4, -0.2) is 35.2 Å². The van der Waals surface area contributed by atoms with Crippen LogP contribution in [0.1, 0.15) is 109 Å². The van der Waals surface area contributed by atoms with Gasteiger partial charge in [-0.3, -0.25) is 0 Å². The molecule has 1 fully saturated rings. The van der Waals surface area contributed by atoms with Gasteiger partial charge in [-0.25, -0.2) is 13.8 Å². The topological polar surface area (TPSA) is 37.7 Å². The van der Waals surface area contributed by atoms with Crippen molar-refractivity contribution in [2.45, 2.75) is 117 Å². The number of fused-ring (bicyclic) bond motifs is 1. The highest BCUT2D eigenvalue weighted by Gasteiger charge is 2.50. The maximum atomic E-state index is 15.6. The molecule has 40 heavy (non-hydrogen) atoms. The number of ether oxygens (including phenoxy) is 1. The minimum atomic E-state index is -3.54. The summed E-state index contributed by atoms with van der Waals surface area (Å²) in [7, 11) is 0. The highest BCUT2D eigenvalue weighted by molar-refractivity contribution is 5.98. The van der Waals surface area contributed by atoms with Crippen molar-refractivity contribution in [3.63, 3.8) is 0 Å². The third-order valence-electron chi connectivity index (χ3n) is 9.17. The summed E-state index contributed by atoms with van der Waals surface area (Å²) in [5, 5.41) is 0. The summed E-state index contributed by atoms with van der Waals surface area (Å²) in [4.78, 5) is 9.14. The molecule has 0 amide bonds. The molecule has 4 nitrogen and oxygen atoms in total. The molecule has 0 aromatic carbocycles. The Labute approximate surface area is 237 Å². The van der Waals surface area contributed by atoms with Gasteiger partial charge in [0.2, 0.25) is 11.8 Å². The van der Waals surface area contributed by atoms with Gasteiger partial charge in [0.1, 0.15) is 0 Å². The van der Waals surface area contributed by atoms with E-state index in [1.165, 1.54) is 48.9 Å². The molecule has 4 atom stereocenters. The van der Waals surface area contributed by atoms with E-state index in [0.717, 1.165) is 56.8 Å². The maximum absolute atomic E-state index is 15.6. The SMILES string of the molecule is CCC(C)CCCCN1C=CC(C2CCc3cc(OCCCCCC(CC)C4CC4)nc(F)c3C2(F)F)=NC1F. The molecule has 0 N–H and O–H groups in total. The first-order valence-corrected chi connectivity index (χ1v) is 15.6. The lowest BCUT2D eigenvalue weighted by Crippen LogP contribution is -2.40. The number of aromatic nitrogens is 1. The number of aliphatic imine (C=N–C) groups is 1. The Kier molecular flexibility index (Phi) is 10.9. The van der Waals surface area contributed by atoms with Crippen molar-refractivity contribution < 1.29 is 22.3 Å². The van der Waals surface area contributed by atoms with Gasteiger partial charge in [0.25, 0.3) is 12.3 Å². The average molecular weight is 566 g/mol. The zero-order valence-electron chi connectivity index (χ0n) is 24.5. The molecule has 4 unspecified atom stereocenters. The number of alkyl halides is 3. The Balaban J connectivity index is 1.29. The number of hydrogen-bond acceptors (Lipinski definition) is 4. The highest BCUT2D eigenvalue weighted by atomic mass is 19.3. The summed E-state index contributed by atoms with van der Waals surface area (Å²) in [6.45, 7) is 7.48. The fourth-order valence-electron chi connectivity index (χ4n) is 6.22. The van der Waals surface area contributed by atoms with Crippen LogP contribution in [0.2, 0.25) is 0 Å². The lowest BCUT2D eigenvalue weighted by Gasteiger charge is -2.35. The van der Waals surface area contributed by atoms with Gasteiger partial charge in [0.15, 0.2) is 0 Å². The Hall–Kier alpha value is -2.12. The molecule has 1 saturated carbocycles. The Morgan fingerprint density at radius 2 is 1.82 bits per heavy atom. The second-order valence-electron chi connectivity index (χ2n) is 12.1. The smallest absolute Gasteiger partial charge is 0.286 e. The molecule has 1 aliphatic heterocycles. The van der Waals surface area contributed by atoms with Crippen LogP contribution in [0, 0.1) is 29.6 Å². The van der Waals surface area contributed by atoms with E-state index in [4.69, 9.17) is 4.74 Å². The summed E-state index contributed by atoms with van der Waals surface area (Å²) in [5.74, 6) is -3.70. The molecule has 4 rings (SSSR count). The van der Waals surface area contributed by atoms with E-state index in [-0.39, 0.29) is 30.0 Å². The first-order valence-electron chi connectivity index (χ1n) is 15.6. The van der Waals surface area contributed by atoms with E-state index in [1.54, 1.807) is 0 Å². The first-order chi connectivity index (χ1) is 19.2. The monoisotopic (exact) mass is 565 g/mol. The number of aryl methyl sites for hydroxylation is 1. The zero-order chi connectivity index (χ0) is 28.7. The molecule has 8 heteroatoms. The van der Waals surface area contributed by atoms with Crippen LogP contribution in [0.4, 0.5) is 17.6 Å². The number of halogens is 4. The quantitative estimate of drug-likeness (QED) is 0.0869. The molecule has 1 aromatic heterocycles. The maximum Gasteiger partial charge on any atom is 0.286 e.